The van der Waals surface area contributed by atoms with Gasteiger partial charge in [-0.05, 0) is 61.1 Å². The number of nitrogens with one attached hydrogen (secondary N) is 2. The molecule has 2 aromatic carbocycles. The summed E-state index contributed by atoms with van der Waals surface area (Å²) in [5.74, 6) is -1.57. The summed E-state index contributed by atoms with van der Waals surface area (Å²) < 4.78 is 0. The van der Waals surface area contributed by atoms with Crippen LogP contribution < -0.4 is 10.7 Å². The summed E-state index contributed by atoms with van der Waals surface area (Å²) >= 11 is 1.65. The van der Waals surface area contributed by atoms with Crippen LogP contribution in [0.5, 0.6) is 0 Å². The van der Waals surface area contributed by atoms with E-state index in [2.05, 4.69) is 15.8 Å². The van der Waals surface area contributed by atoms with Crippen molar-refractivity contribution in [3.8, 4) is 0 Å². The summed E-state index contributed by atoms with van der Waals surface area (Å²) in [6.07, 6.45) is 3.49. The van der Waals surface area contributed by atoms with Crippen molar-refractivity contribution in [1.82, 2.24) is 5.43 Å². The van der Waals surface area contributed by atoms with Gasteiger partial charge >= 0.3 is 11.8 Å². The Morgan fingerprint density at radius 2 is 1.71 bits per heavy atom. The standard InChI is InChI=1S/C18H19N3O2S/c1-12-4-7-15(10-13(12)2)20-17(22)18(23)21-19-11-14-5-8-16(24-3)9-6-14/h4-11H,1-3H3,(H,20,22)(H,21,23)/b19-11+. The SMILES string of the molecule is CSc1ccc(/C=N/NC(=O)C(=O)Nc2ccc(C)c(C)c2)cc1. The predicted octanol–water partition coefficient (Wildman–Crippen LogP) is 3.11. The molecule has 0 unspecified atom stereocenters. The first kappa shape index (κ1) is 17.7. The van der Waals surface area contributed by atoms with Gasteiger partial charge in [-0.3, -0.25) is 9.59 Å². The van der Waals surface area contributed by atoms with Gasteiger partial charge in [-0.2, -0.15) is 5.10 Å². The summed E-state index contributed by atoms with van der Waals surface area (Å²) in [6.45, 7) is 3.92. The zero-order chi connectivity index (χ0) is 17.5. The van der Waals surface area contributed by atoms with Crippen molar-refractivity contribution in [1.29, 1.82) is 0 Å². The number of thioether (sulfide) groups is 1. The van der Waals surface area contributed by atoms with Gasteiger partial charge in [0.25, 0.3) is 0 Å². The van der Waals surface area contributed by atoms with Gasteiger partial charge < -0.3 is 5.32 Å². The number of rotatable bonds is 4. The molecular weight excluding hydrogens is 322 g/mol. The summed E-state index contributed by atoms with van der Waals surface area (Å²) in [4.78, 5) is 24.7. The maximum atomic E-state index is 11.8. The number of carbonyl (C=O) groups excluding carboxylic acids is 2. The number of hydrogen-bond donors (Lipinski definition) is 2. The van der Waals surface area contributed by atoms with E-state index in [1.165, 1.54) is 6.21 Å². The van der Waals surface area contributed by atoms with Gasteiger partial charge in [-0.25, -0.2) is 5.43 Å². The van der Waals surface area contributed by atoms with E-state index in [0.29, 0.717) is 5.69 Å². The number of aryl methyl sites for hydroxylation is 2. The highest BCUT2D eigenvalue weighted by Crippen LogP contribution is 2.14. The molecule has 0 aliphatic rings. The Morgan fingerprint density at radius 3 is 2.33 bits per heavy atom. The second-order valence-corrected chi connectivity index (χ2v) is 6.11. The molecule has 0 saturated heterocycles. The van der Waals surface area contributed by atoms with Crippen LogP contribution in [0.1, 0.15) is 16.7 Å². The van der Waals surface area contributed by atoms with Crippen LogP contribution in [-0.4, -0.2) is 24.3 Å². The minimum absolute atomic E-state index is 0.579. The van der Waals surface area contributed by atoms with E-state index in [1.54, 1.807) is 17.8 Å². The molecular formula is C18H19N3O2S. The fraction of sp³-hybridized carbons (Fsp3) is 0.167. The quantitative estimate of drug-likeness (QED) is 0.388. The molecule has 6 heteroatoms. The lowest BCUT2D eigenvalue weighted by atomic mass is 10.1. The molecule has 5 nitrogen and oxygen atoms in total. The lowest BCUT2D eigenvalue weighted by molar-refractivity contribution is -0.136. The van der Waals surface area contributed by atoms with Gasteiger partial charge in [0.1, 0.15) is 0 Å². The van der Waals surface area contributed by atoms with Gasteiger partial charge in [-0.1, -0.05) is 18.2 Å². The molecule has 0 saturated carbocycles. The van der Waals surface area contributed by atoms with Crippen LogP contribution in [0.25, 0.3) is 0 Å². The fourth-order valence-electron chi connectivity index (χ4n) is 1.91. The molecule has 2 aromatic rings. The van der Waals surface area contributed by atoms with Crippen molar-refractivity contribution in [3.63, 3.8) is 0 Å². The van der Waals surface area contributed by atoms with Crippen molar-refractivity contribution in [2.75, 3.05) is 11.6 Å². The molecule has 2 amide bonds. The summed E-state index contributed by atoms with van der Waals surface area (Å²) in [5, 5.41) is 6.35. The van der Waals surface area contributed by atoms with E-state index in [0.717, 1.165) is 21.6 Å². The van der Waals surface area contributed by atoms with Crippen LogP contribution in [0.4, 0.5) is 5.69 Å². The highest BCUT2D eigenvalue weighted by atomic mass is 32.2. The zero-order valence-electron chi connectivity index (χ0n) is 13.8. The molecule has 0 aliphatic carbocycles. The number of hydrazone groups is 1. The molecule has 0 aliphatic heterocycles. The van der Waals surface area contributed by atoms with Crippen molar-refractivity contribution in [2.45, 2.75) is 18.7 Å². The lowest BCUT2D eigenvalue weighted by Crippen LogP contribution is -2.32. The molecule has 0 bridgehead atoms. The fourth-order valence-corrected chi connectivity index (χ4v) is 2.32. The molecule has 0 heterocycles. The number of benzene rings is 2. The average molecular weight is 341 g/mol. The molecule has 124 valence electrons. The Hall–Kier alpha value is -2.60. The molecule has 0 spiro atoms. The van der Waals surface area contributed by atoms with Crippen LogP contribution in [0, 0.1) is 13.8 Å². The monoisotopic (exact) mass is 341 g/mol. The van der Waals surface area contributed by atoms with Crippen molar-refractivity contribution in [3.05, 3.63) is 59.2 Å². The molecule has 0 aromatic heterocycles. The van der Waals surface area contributed by atoms with E-state index >= 15 is 0 Å². The van der Waals surface area contributed by atoms with Crippen molar-refractivity contribution >= 4 is 35.5 Å². The van der Waals surface area contributed by atoms with Crippen LogP contribution in [0.15, 0.2) is 52.5 Å². The number of nitrogens with zero attached hydrogens (tertiary/aromatic N) is 1. The van der Waals surface area contributed by atoms with Crippen LogP contribution in [0.3, 0.4) is 0 Å². The van der Waals surface area contributed by atoms with Crippen LogP contribution in [-0.2, 0) is 9.59 Å². The summed E-state index contributed by atoms with van der Waals surface area (Å²) in [5.41, 5.74) is 5.79. The molecule has 0 radical (unpaired) electrons. The number of hydrogen-bond acceptors (Lipinski definition) is 4. The van der Waals surface area contributed by atoms with Crippen molar-refractivity contribution in [2.24, 2.45) is 5.10 Å². The number of anilines is 1. The van der Waals surface area contributed by atoms with Gasteiger partial charge in [0, 0.05) is 10.6 Å². The van der Waals surface area contributed by atoms with E-state index in [9.17, 15) is 9.59 Å². The Bertz CT molecular complexity index is 770. The minimum atomic E-state index is -0.815. The van der Waals surface area contributed by atoms with Gasteiger partial charge in [0.15, 0.2) is 0 Å². The first-order valence-corrected chi connectivity index (χ1v) is 8.58. The second-order valence-electron chi connectivity index (χ2n) is 5.23. The average Bonchev–Trinajstić information content (AvgIpc) is 2.58. The minimum Gasteiger partial charge on any atom is -0.318 e. The number of carbonyl (C=O) groups is 2. The van der Waals surface area contributed by atoms with E-state index in [1.807, 2.05) is 56.5 Å². The van der Waals surface area contributed by atoms with Gasteiger partial charge in [0.05, 0.1) is 6.21 Å². The topological polar surface area (TPSA) is 70.6 Å². The van der Waals surface area contributed by atoms with E-state index in [-0.39, 0.29) is 0 Å². The summed E-state index contributed by atoms with van der Waals surface area (Å²) in [7, 11) is 0. The maximum absolute atomic E-state index is 11.8. The highest BCUT2D eigenvalue weighted by molar-refractivity contribution is 7.98. The number of amides is 2. The molecule has 24 heavy (non-hydrogen) atoms. The molecule has 2 N–H and O–H groups in total. The third-order valence-electron chi connectivity index (χ3n) is 3.47. The lowest BCUT2D eigenvalue weighted by Gasteiger charge is -2.06. The van der Waals surface area contributed by atoms with Crippen molar-refractivity contribution < 1.29 is 9.59 Å². The predicted molar refractivity (Wildman–Crippen MR) is 98.5 cm³/mol. The highest BCUT2D eigenvalue weighted by Gasteiger charge is 2.12. The largest absolute Gasteiger partial charge is 0.329 e. The third-order valence-corrected chi connectivity index (χ3v) is 4.21. The first-order chi connectivity index (χ1) is 11.5. The molecule has 0 atom stereocenters. The second kappa shape index (κ2) is 8.31. The third kappa shape index (κ3) is 4.96. The van der Waals surface area contributed by atoms with E-state index < -0.39 is 11.8 Å². The first-order valence-electron chi connectivity index (χ1n) is 7.35. The Balaban J connectivity index is 1.89. The Morgan fingerprint density at radius 1 is 1.00 bits per heavy atom. The molecule has 0 fully saturated rings. The zero-order valence-corrected chi connectivity index (χ0v) is 14.6. The van der Waals surface area contributed by atoms with Gasteiger partial charge in [0.2, 0.25) is 0 Å². The Labute approximate surface area is 145 Å². The molecule has 2 rings (SSSR count). The van der Waals surface area contributed by atoms with E-state index in [4.69, 9.17) is 0 Å². The van der Waals surface area contributed by atoms with Gasteiger partial charge in [-0.15, -0.1) is 11.8 Å². The maximum Gasteiger partial charge on any atom is 0.329 e. The smallest absolute Gasteiger partial charge is 0.318 e. The normalized spacial score (nSPS) is 10.6. The van der Waals surface area contributed by atoms with Crippen LogP contribution in [0.2, 0.25) is 0 Å². The Kier molecular flexibility index (Phi) is 6.14. The van der Waals surface area contributed by atoms with Crippen LogP contribution >= 0.6 is 11.8 Å². The summed E-state index contributed by atoms with van der Waals surface area (Å²) in [6, 6.07) is 13.1.